The molecule has 0 unspecified atom stereocenters. The number of amides is 3. The molecule has 5 rings (SSSR count). The lowest BCUT2D eigenvalue weighted by Crippen LogP contribution is -2.52. The third-order valence-corrected chi connectivity index (χ3v) is 8.15. The van der Waals surface area contributed by atoms with Gasteiger partial charge in [0.1, 0.15) is 12.3 Å². The van der Waals surface area contributed by atoms with Crippen LogP contribution >= 0.6 is 23.2 Å². The topological polar surface area (TPSA) is 101 Å². The molecule has 3 aromatic rings. The number of ether oxygens (including phenoxy) is 1. The number of carbonyl (C=O) groups is 5. The first-order valence-corrected chi connectivity index (χ1v) is 14.0. The second-order valence-corrected chi connectivity index (χ2v) is 11.2. The number of hydrogen-bond donors (Lipinski definition) is 0. The number of halogens is 2. The standard InChI is InChI=1S/C32H26Cl2N2O6/c1-18-3-6-21(7-4-18)32(41)42-23-11-8-20(9-12-23)28(37)17-35(29(38)22-10-14-26(33)27(34)16-22)36-30(39)24-13-5-19(2)15-25(24)31(36)40/h3-12,14,16,24-25H,13,15,17H2,1-2H3/t24-,25+/m0/s1. The van der Waals surface area contributed by atoms with Crippen LogP contribution in [0.5, 0.6) is 5.75 Å². The lowest BCUT2D eigenvalue weighted by atomic mass is 9.82. The van der Waals surface area contributed by atoms with Crippen LogP contribution in [-0.2, 0) is 9.59 Å². The number of hydrazine groups is 1. The smallest absolute Gasteiger partial charge is 0.343 e. The molecule has 214 valence electrons. The van der Waals surface area contributed by atoms with Crippen molar-refractivity contribution in [2.75, 3.05) is 6.54 Å². The van der Waals surface area contributed by atoms with Gasteiger partial charge in [0.2, 0.25) is 0 Å². The Bertz CT molecular complexity index is 1630. The summed E-state index contributed by atoms with van der Waals surface area (Å²) in [7, 11) is 0. The maximum Gasteiger partial charge on any atom is 0.343 e. The number of carbonyl (C=O) groups excluding carboxylic acids is 5. The van der Waals surface area contributed by atoms with Gasteiger partial charge in [-0.1, -0.05) is 52.5 Å². The van der Waals surface area contributed by atoms with E-state index >= 15 is 0 Å². The maximum atomic E-state index is 13.7. The molecule has 1 aliphatic heterocycles. The summed E-state index contributed by atoms with van der Waals surface area (Å²) in [6, 6.07) is 16.9. The molecule has 0 spiro atoms. The number of nitrogens with zero attached hydrogens (tertiary/aromatic N) is 2. The van der Waals surface area contributed by atoms with Crippen LogP contribution < -0.4 is 4.74 Å². The van der Waals surface area contributed by atoms with E-state index in [9.17, 15) is 24.0 Å². The summed E-state index contributed by atoms with van der Waals surface area (Å²) in [6.07, 6.45) is 2.69. The number of ketones is 1. The van der Waals surface area contributed by atoms with Crippen molar-refractivity contribution in [1.29, 1.82) is 0 Å². The van der Waals surface area contributed by atoms with E-state index in [1.807, 2.05) is 19.9 Å². The van der Waals surface area contributed by atoms with Crippen LogP contribution in [-0.4, -0.2) is 46.0 Å². The van der Waals surface area contributed by atoms with Crippen LogP contribution in [0.1, 0.15) is 56.4 Å². The van der Waals surface area contributed by atoms with Gasteiger partial charge in [0.05, 0.1) is 27.4 Å². The van der Waals surface area contributed by atoms with Crippen molar-refractivity contribution in [3.05, 3.63) is 111 Å². The number of benzene rings is 3. The van der Waals surface area contributed by atoms with Crippen LogP contribution in [0.3, 0.4) is 0 Å². The van der Waals surface area contributed by atoms with Gasteiger partial charge < -0.3 is 4.74 Å². The highest BCUT2D eigenvalue weighted by Gasteiger charge is 2.51. The molecule has 0 saturated carbocycles. The zero-order valence-electron chi connectivity index (χ0n) is 22.8. The minimum absolute atomic E-state index is 0.0559. The van der Waals surface area contributed by atoms with Gasteiger partial charge in [0.15, 0.2) is 5.78 Å². The molecule has 0 bridgehead atoms. The molecule has 1 fully saturated rings. The molecule has 8 nitrogen and oxygen atoms in total. The number of imide groups is 1. The van der Waals surface area contributed by atoms with Crippen molar-refractivity contribution in [2.24, 2.45) is 11.8 Å². The van der Waals surface area contributed by atoms with Crippen molar-refractivity contribution >= 4 is 52.7 Å². The van der Waals surface area contributed by atoms with Crippen LogP contribution in [0.15, 0.2) is 78.4 Å². The molecule has 3 aromatic carbocycles. The van der Waals surface area contributed by atoms with Gasteiger partial charge in [-0.25, -0.2) is 9.80 Å². The van der Waals surface area contributed by atoms with E-state index in [1.54, 1.807) is 24.3 Å². The minimum atomic E-state index is -0.754. The highest BCUT2D eigenvalue weighted by molar-refractivity contribution is 6.42. The first kappa shape index (κ1) is 29.2. The highest BCUT2D eigenvalue weighted by Crippen LogP contribution is 2.39. The SMILES string of the molecule is CC1=CC[C@@H]2C(=O)N(N(CC(=O)c3ccc(OC(=O)c4ccc(C)cc4)cc3)C(=O)c3ccc(Cl)c(Cl)c3)C(=O)[C@@H]2C1. The summed E-state index contributed by atoms with van der Waals surface area (Å²) in [6.45, 7) is 3.20. The molecule has 1 heterocycles. The van der Waals surface area contributed by atoms with Crippen molar-refractivity contribution < 1.29 is 28.7 Å². The molecule has 10 heteroatoms. The molecule has 42 heavy (non-hydrogen) atoms. The van der Waals surface area contributed by atoms with Crippen molar-refractivity contribution in [3.8, 4) is 5.75 Å². The van der Waals surface area contributed by atoms with E-state index in [2.05, 4.69) is 0 Å². The van der Waals surface area contributed by atoms with Gasteiger partial charge in [-0.2, -0.15) is 5.01 Å². The molecule has 2 aliphatic rings. The Hall–Kier alpha value is -4.27. The molecular weight excluding hydrogens is 579 g/mol. The summed E-state index contributed by atoms with van der Waals surface area (Å²) in [5, 5.41) is 2.02. The van der Waals surface area contributed by atoms with E-state index < -0.39 is 47.9 Å². The number of esters is 1. The predicted octanol–water partition coefficient (Wildman–Crippen LogP) is 6.10. The fourth-order valence-electron chi connectivity index (χ4n) is 5.06. The van der Waals surface area contributed by atoms with E-state index in [0.717, 1.165) is 21.2 Å². The fraction of sp³-hybridized carbons (Fsp3) is 0.219. The molecule has 2 atom stereocenters. The van der Waals surface area contributed by atoms with Crippen molar-refractivity contribution in [1.82, 2.24) is 10.0 Å². The van der Waals surface area contributed by atoms with E-state index in [-0.39, 0.29) is 26.9 Å². The maximum absolute atomic E-state index is 13.7. The van der Waals surface area contributed by atoms with Crippen LogP contribution in [0.25, 0.3) is 0 Å². The van der Waals surface area contributed by atoms with Crippen LogP contribution in [0, 0.1) is 18.8 Å². The first-order chi connectivity index (χ1) is 20.0. The lowest BCUT2D eigenvalue weighted by molar-refractivity contribution is -0.154. The Kier molecular flexibility index (Phi) is 8.29. The highest BCUT2D eigenvalue weighted by atomic mass is 35.5. The summed E-state index contributed by atoms with van der Waals surface area (Å²) in [5.74, 6) is -3.90. The lowest BCUT2D eigenvalue weighted by Gasteiger charge is -2.30. The van der Waals surface area contributed by atoms with Crippen molar-refractivity contribution in [3.63, 3.8) is 0 Å². The monoisotopic (exact) mass is 604 g/mol. The Morgan fingerprint density at radius 3 is 2.12 bits per heavy atom. The van der Waals surface area contributed by atoms with Gasteiger partial charge in [-0.3, -0.25) is 19.2 Å². The number of Topliss-reactive ketones (excluding diaryl/α,β-unsaturated/α-hetero) is 1. The van der Waals surface area contributed by atoms with Gasteiger partial charge >= 0.3 is 5.97 Å². The Balaban J connectivity index is 1.38. The van der Waals surface area contributed by atoms with Gasteiger partial charge in [0, 0.05) is 11.1 Å². The molecule has 0 radical (unpaired) electrons. The third kappa shape index (κ3) is 5.86. The molecule has 0 aromatic heterocycles. The largest absolute Gasteiger partial charge is 0.423 e. The Morgan fingerprint density at radius 1 is 0.833 bits per heavy atom. The van der Waals surface area contributed by atoms with Crippen molar-refractivity contribution in [2.45, 2.75) is 26.7 Å². The summed E-state index contributed by atoms with van der Waals surface area (Å²) in [5.41, 5.74) is 2.61. The van der Waals surface area contributed by atoms with Gasteiger partial charge in [-0.05, 0) is 81.3 Å². The number of fused-ring (bicyclic) bond motifs is 1. The minimum Gasteiger partial charge on any atom is -0.423 e. The van der Waals surface area contributed by atoms with Gasteiger partial charge in [-0.15, -0.1) is 0 Å². The van der Waals surface area contributed by atoms with E-state index in [0.29, 0.717) is 18.4 Å². The summed E-state index contributed by atoms with van der Waals surface area (Å²) < 4.78 is 5.40. The zero-order valence-corrected chi connectivity index (χ0v) is 24.3. The second kappa shape index (κ2) is 11.9. The Morgan fingerprint density at radius 2 is 1.45 bits per heavy atom. The van der Waals surface area contributed by atoms with Gasteiger partial charge in [0.25, 0.3) is 17.7 Å². The number of aryl methyl sites for hydroxylation is 1. The third-order valence-electron chi connectivity index (χ3n) is 7.41. The summed E-state index contributed by atoms with van der Waals surface area (Å²) in [4.78, 5) is 66.5. The molecule has 1 saturated heterocycles. The second-order valence-electron chi connectivity index (χ2n) is 10.4. The fourth-order valence-corrected chi connectivity index (χ4v) is 5.36. The van der Waals surface area contributed by atoms with E-state index in [4.69, 9.17) is 27.9 Å². The molecule has 1 aliphatic carbocycles. The average Bonchev–Trinajstić information content (AvgIpc) is 3.21. The van der Waals surface area contributed by atoms with E-state index in [1.165, 1.54) is 42.5 Å². The number of rotatable bonds is 7. The zero-order chi connectivity index (χ0) is 30.1. The average molecular weight is 605 g/mol. The molecule has 0 N–H and O–H groups in total. The van der Waals surface area contributed by atoms with Crippen LogP contribution in [0.2, 0.25) is 10.0 Å². The molecular formula is C32H26Cl2N2O6. The number of hydrogen-bond acceptors (Lipinski definition) is 6. The quantitative estimate of drug-likeness (QED) is 0.106. The van der Waals surface area contributed by atoms with Crippen LogP contribution in [0.4, 0.5) is 0 Å². The molecule has 3 amide bonds. The number of allylic oxidation sites excluding steroid dienone is 2. The Labute approximate surface area is 252 Å². The summed E-state index contributed by atoms with van der Waals surface area (Å²) >= 11 is 12.2. The predicted molar refractivity (Wildman–Crippen MR) is 156 cm³/mol. The normalized spacial score (nSPS) is 17.9. The first-order valence-electron chi connectivity index (χ1n) is 13.3.